The van der Waals surface area contributed by atoms with Gasteiger partial charge in [0.05, 0.1) is 10.5 Å². The highest BCUT2D eigenvalue weighted by molar-refractivity contribution is 5.95. The average molecular weight is 293 g/mol. The molecule has 1 amide bonds. The highest BCUT2D eigenvalue weighted by Crippen LogP contribution is 2.33. The summed E-state index contributed by atoms with van der Waals surface area (Å²) in [5.41, 5.74) is -0.273. The van der Waals surface area contributed by atoms with Gasteiger partial charge in [0.1, 0.15) is 5.69 Å². The predicted molar refractivity (Wildman–Crippen MR) is 78.4 cm³/mol. The maximum atomic E-state index is 11.9. The Morgan fingerprint density at radius 3 is 2.62 bits per heavy atom. The number of nitro groups is 1. The standard InChI is InChI=1S/C14H19N3O4/c1-16(2)13(18)10-4-5-12(17(20)21)11(8-10)15-9-14(19)6-3-7-14/h4-5,8,15,19H,3,6-7,9H2,1-2H3. The van der Waals surface area contributed by atoms with Gasteiger partial charge in [-0.15, -0.1) is 0 Å². The molecule has 0 atom stereocenters. The maximum Gasteiger partial charge on any atom is 0.292 e. The number of anilines is 1. The minimum Gasteiger partial charge on any atom is -0.388 e. The minimum absolute atomic E-state index is 0.103. The van der Waals surface area contributed by atoms with E-state index in [0.717, 1.165) is 6.42 Å². The fourth-order valence-electron chi connectivity index (χ4n) is 2.25. The molecular weight excluding hydrogens is 274 g/mol. The number of carbonyl (C=O) groups excluding carboxylic acids is 1. The van der Waals surface area contributed by atoms with Crippen molar-refractivity contribution in [2.75, 3.05) is 26.0 Å². The van der Waals surface area contributed by atoms with Crippen molar-refractivity contribution in [3.63, 3.8) is 0 Å². The van der Waals surface area contributed by atoms with E-state index in [4.69, 9.17) is 0 Å². The Hall–Kier alpha value is -2.15. The fraction of sp³-hybridized carbons (Fsp3) is 0.500. The second-order valence-electron chi connectivity index (χ2n) is 5.62. The third-order valence-electron chi connectivity index (χ3n) is 3.74. The molecule has 1 aromatic rings. The maximum absolute atomic E-state index is 11.9. The first-order valence-corrected chi connectivity index (χ1v) is 6.79. The molecule has 1 aromatic carbocycles. The van der Waals surface area contributed by atoms with Crippen molar-refractivity contribution in [3.05, 3.63) is 33.9 Å². The van der Waals surface area contributed by atoms with Crippen molar-refractivity contribution in [1.29, 1.82) is 0 Å². The first kappa shape index (κ1) is 15.2. The van der Waals surface area contributed by atoms with Crippen LogP contribution in [0.2, 0.25) is 0 Å². The highest BCUT2D eigenvalue weighted by Gasteiger charge is 2.34. The van der Waals surface area contributed by atoms with E-state index >= 15 is 0 Å². The van der Waals surface area contributed by atoms with Gasteiger partial charge in [0, 0.05) is 32.3 Å². The summed E-state index contributed by atoms with van der Waals surface area (Å²) in [4.78, 5) is 23.9. The molecule has 114 valence electrons. The first-order chi connectivity index (χ1) is 9.82. The Bertz CT molecular complexity index is 567. The summed E-state index contributed by atoms with van der Waals surface area (Å²) in [6.07, 6.45) is 2.33. The molecule has 2 N–H and O–H groups in total. The van der Waals surface area contributed by atoms with Crippen LogP contribution in [-0.4, -0.2) is 47.1 Å². The number of amides is 1. The molecule has 7 heteroatoms. The summed E-state index contributed by atoms with van der Waals surface area (Å²) in [5.74, 6) is -0.227. The van der Waals surface area contributed by atoms with Crippen molar-refractivity contribution in [2.24, 2.45) is 0 Å². The predicted octanol–water partition coefficient (Wildman–Crippen LogP) is 1.62. The molecule has 21 heavy (non-hydrogen) atoms. The number of hydrogen-bond acceptors (Lipinski definition) is 5. The molecule has 0 saturated heterocycles. The van der Waals surface area contributed by atoms with E-state index < -0.39 is 10.5 Å². The van der Waals surface area contributed by atoms with Crippen LogP contribution in [0.5, 0.6) is 0 Å². The van der Waals surface area contributed by atoms with E-state index in [-0.39, 0.29) is 23.8 Å². The van der Waals surface area contributed by atoms with Gasteiger partial charge >= 0.3 is 0 Å². The lowest BCUT2D eigenvalue weighted by atomic mass is 9.80. The zero-order chi connectivity index (χ0) is 15.6. The van der Waals surface area contributed by atoms with Gasteiger partial charge in [-0.3, -0.25) is 14.9 Å². The Kier molecular flexibility index (Phi) is 4.13. The van der Waals surface area contributed by atoms with Gasteiger partial charge in [0.25, 0.3) is 11.6 Å². The van der Waals surface area contributed by atoms with E-state index in [0.29, 0.717) is 18.4 Å². The zero-order valence-corrected chi connectivity index (χ0v) is 12.1. The molecule has 0 bridgehead atoms. The first-order valence-electron chi connectivity index (χ1n) is 6.79. The molecule has 0 aliphatic heterocycles. The van der Waals surface area contributed by atoms with Gasteiger partial charge in [-0.25, -0.2) is 0 Å². The van der Waals surface area contributed by atoms with Crippen LogP contribution in [-0.2, 0) is 0 Å². The molecule has 1 aliphatic carbocycles. The van der Waals surface area contributed by atoms with Gasteiger partial charge in [0.2, 0.25) is 0 Å². The summed E-state index contributed by atoms with van der Waals surface area (Å²) in [6, 6.07) is 4.20. The molecule has 0 spiro atoms. The molecule has 7 nitrogen and oxygen atoms in total. The van der Waals surface area contributed by atoms with Crippen molar-refractivity contribution < 1.29 is 14.8 Å². The minimum atomic E-state index is -0.796. The lowest BCUT2D eigenvalue weighted by molar-refractivity contribution is -0.384. The third-order valence-corrected chi connectivity index (χ3v) is 3.74. The van der Waals surface area contributed by atoms with E-state index in [9.17, 15) is 20.0 Å². The van der Waals surface area contributed by atoms with Crippen LogP contribution in [0.15, 0.2) is 18.2 Å². The highest BCUT2D eigenvalue weighted by atomic mass is 16.6. The van der Waals surface area contributed by atoms with E-state index in [2.05, 4.69) is 5.32 Å². The van der Waals surface area contributed by atoms with Gasteiger partial charge < -0.3 is 15.3 Å². The van der Waals surface area contributed by atoms with Crippen LogP contribution >= 0.6 is 0 Å². The van der Waals surface area contributed by atoms with Crippen LogP contribution in [0.25, 0.3) is 0 Å². The van der Waals surface area contributed by atoms with Gasteiger partial charge in [-0.1, -0.05) is 0 Å². The molecule has 0 radical (unpaired) electrons. The number of hydrogen-bond donors (Lipinski definition) is 2. The van der Waals surface area contributed by atoms with Crippen molar-refractivity contribution in [2.45, 2.75) is 24.9 Å². The van der Waals surface area contributed by atoms with Gasteiger partial charge in [-0.2, -0.15) is 0 Å². The van der Waals surface area contributed by atoms with E-state index in [1.54, 1.807) is 14.1 Å². The number of benzene rings is 1. The van der Waals surface area contributed by atoms with E-state index in [1.807, 2.05) is 0 Å². The smallest absolute Gasteiger partial charge is 0.292 e. The summed E-state index contributed by atoms with van der Waals surface area (Å²) >= 11 is 0. The second-order valence-corrected chi connectivity index (χ2v) is 5.62. The third kappa shape index (κ3) is 3.30. The zero-order valence-electron chi connectivity index (χ0n) is 12.1. The molecule has 1 fully saturated rings. The molecular formula is C14H19N3O4. The molecule has 0 aromatic heterocycles. The Morgan fingerprint density at radius 1 is 1.48 bits per heavy atom. The van der Waals surface area contributed by atoms with Crippen LogP contribution < -0.4 is 5.32 Å². The van der Waals surface area contributed by atoms with Gasteiger partial charge in [0.15, 0.2) is 0 Å². The Morgan fingerprint density at radius 2 is 2.14 bits per heavy atom. The number of nitrogens with one attached hydrogen (secondary N) is 1. The van der Waals surface area contributed by atoms with E-state index in [1.165, 1.54) is 23.1 Å². The molecule has 1 saturated carbocycles. The summed E-state index contributed by atoms with van der Waals surface area (Å²) < 4.78 is 0. The number of aliphatic hydroxyl groups is 1. The number of rotatable bonds is 5. The number of nitrogens with zero attached hydrogens (tertiary/aromatic N) is 2. The number of carbonyl (C=O) groups is 1. The lowest BCUT2D eigenvalue weighted by Gasteiger charge is -2.36. The normalized spacial score (nSPS) is 16.0. The van der Waals surface area contributed by atoms with Crippen LogP contribution in [0.3, 0.4) is 0 Å². The largest absolute Gasteiger partial charge is 0.388 e. The number of nitro benzene ring substituents is 1. The summed E-state index contributed by atoms with van der Waals surface area (Å²) in [7, 11) is 3.24. The molecule has 2 rings (SSSR count). The Balaban J connectivity index is 2.24. The summed E-state index contributed by atoms with van der Waals surface area (Å²) in [5, 5.41) is 24.0. The second kappa shape index (κ2) is 5.69. The quantitative estimate of drug-likeness (QED) is 0.635. The van der Waals surface area contributed by atoms with Crippen molar-refractivity contribution >= 4 is 17.3 Å². The van der Waals surface area contributed by atoms with Crippen molar-refractivity contribution in [1.82, 2.24) is 4.90 Å². The van der Waals surface area contributed by atoms with Crippen LogP contribution in [0, 0.1) is 10.1 Å². The molecule has 1 aliphatic rings. The fourth-order valence-corrected chi connectivity index (χ4v) is 2.25. The molecule has 0 unspecified atom stereocenters. The lowest BCUT2D eigenvalue weighted by Crippen LogP contribution is -2.43. The van der Waals surface area contributed by atoms with Crippen molar-refractivity contribution in [3.8, 4) is 0 Å². The SMILES string of the molecule is CN(C)C(=O)c1ccc([N+](=O)[O-])c(NCC2(O)CCC2)c1. The van der Waals surface area contributed by atoms with Crippen LogP contribution in [0.4, 0.5) is 11.4 Å². The van der Waals surface area contributed by atoms with Gasteiger partial charge in [-0.05, 0) is 31.4 Å². The average Bonchev–Trinajstić information content (AvgIpc) is 2.41. The Labute approximate surface area is 122 Å². The topological polar surface area (TPSA) is 95.7 Å². The summed E-state index contributed by atoms with van der Waals surface area (Å²) in [6.45, 7) is 0.244. The molecule has 0 heterocycles. The van der Waals surface area contributed by atoms with Crippen LogP contribution in [0.1, 0.15) is 29.6 Å². The monoisotopic (exact) mass is 293 g/mol.